The van der Waals surface area contributed by atoms with Gasteiger partial charge in [0.15, 0.2) is 6.23 Å². The van der Waals surface area contributed by atoms with Crippen LogP contribution < -0.4 is 5.32 Å². The lowest BCUT2D eigenvalue weighted by Crippen LogP contribution is -2.23. The Bertz CT molecular complexity index is 388. The fourth-order valence-electron chi connectivity index (χ4n) is 0.924. The van der Waals surface area contributed by atoms with Gasteiger partial charge in [0.1, 0.15) is 0 Å². The molecule has 0 aliphatic carbocycles. The number of aromatic nitrogens is 1. The summed E-state index contributed by atoms with van der Waals surface area (Å²) in [6.45, 7) is 0. The molecule has 1 aromatic heterocycles. The number of nitrogens with one attached hydrogen (secondary N) is 1. The quantitative estimate of drug-likeness (QED) is 0.453. The van der Waals surface area contributed by atoms with E-state index >= 15 is 0 Å². The Kier molecular flexibility index (Phi) is 4.68. The van der Waals surface area contributed by atoms with Crippen molar-refractivity contribution in [3.63, 3.8) is 0 Å². The standard InChI is InChI=1S/C11H11N3O/c1-13-11(15-9-12)4-2-3-10-5-7-14-8-6-10/h3-8,11,13H,1H3. The predicted octanol–water partition coefficient (Wildman–Crippen LogP) is 1.29. The van der Waals surface area contributed by atoms with Crippen LogP contribution in [0.15, 0.2) is 36.3 Å². The smallest absolute Gasteiger partial charge is 0.288 e. The molecule has 1 heterocycles. The minimum Gasteiger partial charge on any atom is -0.403 e. The molecule has 0 fully saturated rings. The number of likely N-dealkylation sites (N-methyl/N-ethyl adjacent to an activating group) is 1. The largest absolute Gasteiger partial charge is 0.403 e. The van der Waals surface area contributed by atoms with Crippen molar-refractivity contribution in [2.75, 3.05) is 7.05 Å². The second-order valence-electron chi connectivity index (χ2n) is 2.68. The maximum Gasteiger partial charge on any atom is 0.288 e. The number of hydrogen-bond donors (Lipinski definition) is 1. The molecule has 15 heavy (non-hydrogen) atoms. The average Bonchev–Trinajstić information content (AvgIpc) is 2.29. The number of nitriles is 1. The molecule has 1 N–H and O–H groups in total. The van der Waals surface area contributed by atoms with Gasteiger partial charge in [-0.15, -0.1) is 5.73 Å². The van der Waals surface area contributed by atoms with E-state index in [2.05, 4.69) is 20.8 Å². The molecule has 1 rings (SSSR count). The summed E-state index contributed by atoms with van der Waals surface area (Å²) >= 11 is 0. The zero-order chi connectivity index (χ0) is 10.9. The van der Waals surface area contributed by atoms with Gasteiger partial charge in [0.25, 0.3) is 6.26 Å². The zero-order valence-corrected chi connectivity index (χ0v) is 8.34. The summed E-state index contributed by atoms with van der Waals surface area (Å²) in [4.78, 5) is 3.90. The van der Waals surface area contributed by atoms with Crippen LogP contribution in [0.2, 0.25) is 0 Å². The van der Waals surface area contributed by atoms with Crippen molar-refractivity contribution in [3.8, 4) is 6.26 Å². The molecule has 0 spiro atoms. The number of rotatable bonds is 4. The third-order valence-electron chi connectivity index (χ3n) is 1.67. The lowest BCUT2D eigenvalue weighted by Gasteiger charge is -2.04. The second-order valence-corrected chi connectivity index (χ2v) is 2.68. The molecule has 0 saturated heterocycles. The second kappa shape index (κ2) is 6.39. The topological polar surface area (TPSA) is 57.9 Å². The molecule has 0 aromatic carbocycles. The number of pyridine rings is 1. The SMILES string of the molecule is CNC(C=C=Cc1ccncc1)OC#N. The van der Waals surface area contributed by atoms with Crippen molar-refractivity contribution < 1.29 is 4.74 Å². The fourth-order valence-corrected chi connectivity index (χ4v) is 0.924. The van der Waals surface area contributed by atoms with Gasteiger partial charge in [-0.3, -0.25) is 10.3 Å². The van der Waals surface area contributed by atoms with E-state index < -0.39 is 6.23 Å². The molecule has 1 aromatic rings. The zero-order valence-electron chi connectivity index (χ0n) is 8.34. The highest BCUT2D eigenvalue weighted by Crippen LogP contribution is 1.97. The van der Waals surface area contributed by atoms with E-state index in [1.165, 1.54) is 0 Å². The van der Waals surface area contributed by atoms with Gasteiger partial charge in [-0.2, -0.15) is 5.26 Å². The Morgan fingerprint density at radius 3 is 2.87 bits per heavy atom. The Labute approximate surface area is 88.5 Å². The van der Waals surface area contributed by atoms with Gasteiger partial charge in [-0.1, -0.05) is 0 Å². The van der Waals surface area contributed by atoms with E-state index in [-0.39, 0.29) is 0 Å². The van der Waals surface area contributed by atoms with Gasteiger partial charge < -0.3 is 4.74 Å². The molecule has 0 aliphatic heterocycles. The van der Waals surface area contributed by atoms with Gasteiger partial charge in [0, 0.05) is 18.5 Å². The van der Waals surface area contributed by atoms with Crippen molar-refractivity contribution >= 4 is 6.08 Å². The molecule has 0 saturated carbocycles. The Morgan fingerprint density at radius 2 is 2.27 bits per heavy atom. The van der Waals surface area contributed by atoms with Crippen LogP contribution in [0.1, 0.15) is 5.56 Å². The van der Waals surface area contributed by atoms with E-state index in [4.69, 9.17) is 5.26 Å². The molecule has 4 heteroatoms. The van der Waals surface area contributed by atoms with Gasteiger partial charge >= 0.3 is 0 Å². The van der Waals surface area contributed by atoms with E-state index in [9.17, 15) is 0 Å². The highest BCUT2D eigenvalue weighted by molar-refractivity contribution is 5.47. The van der Waals surface area contributed by atoms with Crippen molar-refractivity contribution in [2.24, 2.45) is 0 Å². The normalized spacial score (nSPS) is 10.7. The summed E-state index contributed by atoms with van der Waals surface area (Å²) in [6.07, 6.45) is 7.99. The summed E-state index contributed by atoms with van der Waals surface area (Å²) < 4.78 is 4.67. The minimum absolute atomic E-state index is 0.437. The first-order valence-corrected chi connectivity index (χ1v) is 4.41. The lowest BCUT2D eigenvalue weighted by atomic mass is 10.2. The van der Waals surface area contributed by atoms with Crippen LogP contribution in [-0.4, -0.2) is 18.3 Å². The monoisotopic (exact) mass is 201 g/mol. The van der Waals surface area contributed by atoms with Gasteiger partial charge in [-0.05, 0) is 30.8 Å². The Balaban J connectivity index is 2.64. The molecular weight excluding hydrogens is 190 g/mol. The van der Waals surface area contributed by atoms with Crippen molar-refractivity contribution in [1.29, 1.82) is 5.26 Å². The summed E-state index contributed by atoms with van der Waals surface area (Å²) in [5, 5.41) is 11.1. The van der Waals surface area contributed by atoms with E-state index in [1.807, 2.05) is 12.1 Å². The predicted molar refractivity (Wildman–Crippen MR) is 56.3 cm³/mol. The van der Waals surface area contributed by atoms with Crippen LogP contribution in [0.5, 0.6) is 0 Å². The van der Waals surface area contributed by atoms with Gasteiger partial charge in [0.05, 0.1) is 0 Å². The number of ether oxygens (including phenoxy) is 1. The van der Waals surface area contributed by atoms with Crippen LogP contribution in [0.4, 0.5) is 0 Å². The Hall–Kier alpha value is -2.08. The summed E-state index contributed by atoms with van der Waals surface area (Å²) in [5.41, 5.74) is 3.91. The molecule has 0 aliphatic rings. The van der Waals surface area contributed by atoms with Crippen molar-refractivity contribution in [1.82, 2.24) is 10.3 Å². The summed E-state index contributed by atoms with van der Waals surface area (Å²) in [5.74, 6) is 0. The van der Waals surface area contributed by atoms with Gasteiger partial charge in [-0.25, -0.2) is 0 Å². The van der Waals surface area contributed by atoms with Crippen LogP contribution in [0.3, 0.4) is 0 Å². The lowest BCUT2D eigenvalue weighted by molar-refractivity contribution is 0.180. The van der Waals surface area contributed by atoms with Crippen molar-refractivity contribution in [2.45, 2.75) is 6.23 Å². The molecule has 0 amide bonds. The van der Waals surface area contributed by atoms with Crippen LogP contribution in [0.25, 0.3) is 6.08 Å². The molecule has 4 nitrogen and oxygen atoms in total. The fraction of sp³-hybridized carbons (Fsp3) is 0.182. The third kappa shape index (κ3) is 4.10. The highest BCUT2D eigenvalue weighted by Gasteiger charge is 1.97. The first-order chi connectivity index (χ1) is 7.36. The van der Waals surface area contributed by atoms with E-state index in [0.717, 1.165) is 5.56 Å². The molecule has 1 atom stereocenters. The first kappa shape index (κ1) is 11.0. The summed E-state index contributed by atoms with van der Waals surface area (Å²) in [7, 11) is 1.70. The highest BCUT2D eigenvalue weighted by atomic mass is 16.5. The van der Waals surface area contributed by atoms with Gasteiger partial charge in [0.2, 0.25) is 0 Å². The minimum atomic E-state index is -0.437. The maximum atomic E-state index is 8.31. The van der Waals surface area contributed by atoms with E-state index in [1.54, 1.807) is 37.8 Å². The maximum absolute atomic E-state index is 8.31. The van der Waals surface area contributed by atoms with Crippen LogP contribution in [0, 0.1) is 11.5 Å². The van der Waals surface area contributed by atoms with Crippen molar-refractivity contribution in [3.05, 3.63) is 41.9 Å². The van der Waals surface area contributed by atoms with E-state index in [0.29, 0.717) is 0 Å². The molecule has 76 valence electrons. The third-order valence-corrected chi connectivity index (χ3v) is 1.67. The summed E-state index contributed by atoms with van der Waals surface area (Å²) in [6, 6.07) is 3.72. The average molecular weight is 201 g/mol. The molecule has 0 radical (unpaired) electrons. The molecule has 1 unspecified atom stereocenters. The first-order valence-electron chi connectivity index (χ1n) is 4.41. The molecule has 0 bridgehead atoms. The Morgan fingerprint density at radius 1 is 1.53 bits per heavy atom. The number of nitrogens with zero attached hydrogens (tertiary/aromatic N) is 2. The molecular formula is C11H11N3O. The number of hydrogen-bond acceptors (Lipinski definition) is 4. The van der Waals surface area contributed by atoms with Crippen LogP contribution in [-0.2, 0) is 4.74 Å². The van der Waals surface area contributed by atoms with Crippen LogP contribution >= 0.6 is 0 Å².